The van der Waals surface area contributed by atoms with E-state index in [-0.39, 0.29) is 12.6 Å². The van der Waals surface area contributed by atoms with E-state index in [2.05, 4.69) is 10.5 Å². The minimum atomic E-state index is -0.200. The third kappa shape index (κ3) is 2.44. The van der Waals surface area contributed by atoms with Crippen LogP contribution in [-0.4, -0.2) is 24.9 Å². The van der Waals surface area contributed by atoms with Gasteiger partial charge < -0.3 is 14.6 Å². The topological polar surface area (TPSA) is 64.4 Å². The van der Waals surface area contributed by atoms with Crippen molar-refractivity contribution in [3.05, 3.63) is 41.7 Å². The van der Waals surface area contributed by atoms with E-state index in [4.69, 9.17) is 9.26 Å². The van der Waals surface area contributed by atoms with Crippen molar-refractivity contribution in [3.63, 3.8) is 0 Å². The maximum atomic E-state index is 12.3. The lowest BCUT2D eigenvalue weighted by Gasteiger charge is -2.05. The van der Waals surface area contributed by atoms with Gasteiger partial charge in [-0.05, 0) is 12.8 Å². The van der Waals surface area contributed by atoms with E-state index >= 15 is 0 Å². The summed E-state index contributed by atoms with van der Waals surface area (Å²) < 4.78 is 10.3. The lowest BCUT2D eigenvalue weighted by molar-refractivity contribution is 0.0870. The SMILES string of the molecule is COCNC(=O)c1c(-c2ccccc2)noc1C1CC1. The number of carbonyl (C=O) groups excluding carboxylic acids is 1. The summed E-state index contributed by atoms with van der Waals surface area (Å²) >= 11 is 0. The number of nitrogens with one attached hydrogen (secondary N) is 1. The lowest BCUT2D eigenvalue weighted by atomic mass is 10.0. The van der Waals surface area contributed by atoms with Gasteiger partial charge in [0.25, 0.3) is 5.91 Å². The molecule has 1 aromatic carbocycles. The molecule has 0 radical (unpaired) electrons. The molecule has 20 heavy (non-hydrogen) atoms. The van der Waals surface area contributed by atoms with Crippen molar-refractivity contribution in [3.8, 4) is 11.3 Å². The summed E-state index contributed by atoms with van der Waals surface area (Å²) in [5, 5.41) is 6.81. The van der Waals surface area contributed by atoms with Gasteiger partial charge in [-0.15, -0.1) is 0 Å². The van der Waals surface area contributed by atoms with Gasteiger partial charge in [0.1, 0.15) is 18.0 Å². The number of benzene rings is 1. The molecular formula is C15H16N2O3. The van der Waals surface area contributed by atoms with Gasteiger partial charge in [-0.25, -0.2) is 0 Å². The fourth-order valence-corrected chi connectivity index (χ4v) is 2.17. The third-order valence-electron chi connectivity index (χ3n) is 3.32. The molecule has 0 spiro atoms. The molecule has 0 saturated heterocycles. The van der Waals surface area contributed by atoms with Crippen molar-refractivity contribution in [2.24, 2.45) is 0 Å². The molecule has 1 aliphatic carbocycles. The van der Waals surface area contributed by atoms with Crippen molar-refractivity contribution in [2.75, 3.05) is 13.8 Å². The fraction of sp³-hybridized carbons (Fsp3) is 0.333. The number of aromatic nitrogens is 1. The molecule has 1 fully saturated rings. The Morgan fingerprint density at radius 1 is 1.40 bits per heavy atom. The van der Waals surface area contributed by atoms with E-state index < -0.39 is 0 Å². The lowest BCUT2D eigenvalue weighted by Crippen LogP contribution is -2.26. The Bertz CT molecular complexity index is 603. The summed E-state index contributed by atoms with van der Waals surface area (Å²) in [6.45, 7) is 0.169. The zero-order chi connectivity index (χ0) is 13.9. The summed E-state index contributed by atoms with van der Waals surface area (Å²) in [5.74, 6) is 0.814. The standard InChI is InChI=1S/C15H16N2O3/c1-19-9-16-15(18)12-13(10-5-3-2-4-6-10)17-20-14(12)11-7-8-11/h2-6,11H,7-9H2,1H3,(H,16,18). The molecule has 1 saturated carbocycles. The fourth-order valence-electron chi connectivity index (χ4n) is 2.17. The number of hydrogen-bond donors (Lipinski definition) is 1. The monoisotopic (exact) mass is 272 g/mol. The smallest absolute Gasteiger partial charge is 0.258 e. The summed E-state index contributed by atoms with van der Waals surface area (Å²) in [7, 11) is 1.54. The van der Waals surface area contributed by atoms with Gasteiger partial charge in [-0.2, -0.15) is 0 Å². The number of carbonyl (C=O) groups is 1. The van der Waals surface area contributed by atoms with Crippen LogP contribution in [0.15, 0.2) is 34.9 Å². The van der Waals surface area contributed by atoms with Crippen molar-refractivity contribution in [1.29, 1.82) is 0 Å². The highest BCUT2D eigenvalue weighted by Crippen LogP contribution is 2.43. The molecule has 0 bridgehead atoms. The maximum absolute atomic E-state index is 12.3. The van der Waals surface area contributed by atoms with Crippen molar-refractivity contribution < 1.29 is 14.1 Å². The van der Waals surface area contributed by atoms with Crippen molar-refractivity contribution >= 4 is 5.91 Å². The maximum Gasteiger partial charge on any atom is 0.258 e. The molecule has 1 heterocycles. The van der Waals surface area contributed by atoms with Crippen LogP contribution in [-0.2, 0) is 4.74 Å². The number of methoxy groups -OCH3 is 1. The highest BCUT2D eigenvalue weighted by molar-refractivity contribution is 6.01. The third-order valence-corrected chi connectivity index (χ3v) is 3.32. The van der Waals surface area contributed by atoms with Crippen molar-refractivity contribution in [1.82, 2.24) is 10.5 Å². The number of ether oxygens (including phenoxy) is 1. The highest BCUT2D eigenvalue weighted by Gasteiger charge is 2.35. The minimum Gasteiger partial charge on any atom is -0.364 e. The van der Waals surface area contributed by atoms with Gasteiger partial charge in [0.15, 0.2) is 5.76 Å². The van der Waals surface area contributed by atoms with Crippen LogP contribution in [0.2, 0.25) is 0 Å². The zero-order valence-corrected chi connectivity index (χ0v) is 11.3. The van der Waals surface area contributed by atoms with E-state index in [1.54, 1.807) is 0 Å². The van der Waals surface area contributed by atoms with Crippen molar-refractivity contribution in [2.45, 2.75) is 18.8 Å². The van der Waals surface area contributed by atoms with E-state index in [1.807, 2.05) is 30.3 Å². The number of nitrogens with zero attached hydrogens (tertiary/aromatic N) is 1. The van der Waals surface area contributed by atoms with Crippen LogP contribution < -0.4 is 5.32 Å². The molecule has 1 N–H and O–H groups in total. The summed E-state index contributed by atoms with van der Waals surface area (Å²) in [4.78, 5) is 12.3. The zero-order valence-electron chi connectivity index (χ0n) is 11.3. The number of rotatable bonds is 5. The van der Waals surface area contributed by atoms with Gasteiger partial charge in [0.2, 0.25) is 0 Å². The van der Waals surface area contributed by atoms with Crippen LogP contribution in [0.4, 0.5) is 0 Å². The Balaban J connectivity index is 2.00. The predicted octanol–water partition coefficient (Wildman–Crippen LogP) is 2.55. The Morgan fingerprint density at radius 2 is 2.15 bits per heavy atom. The molecule has 5 heteroatoms. The highest BCUT2D eigenvalue weighted by atomic mass is 16.5. The summed E-state index contributed by atoms with van der Waals surface area (Å²) in [6.07, 6.45) is 2.10. The molecule has 2 aromatic rings. The van der Waals surface area contributed by atoms with E-state index in [0.717, 1.165) is 18.4 Å². The normalized spacial score (nSPS) is 14.2. The second-order valence-electron chi connectivity index (χ2n) is 4.85. The number of hydrogen-bond acceptors (Lipinski definition) is 4. The molecular weight excluding hydrogens is 256 g/mol. The first-order valence-electron chi connectivity index (χ1n) is 6.63. The summed E-state index contributed by atoms with van der Waals surface area (Å²) in [6, 6.07) is 9.59. The molecule has 0 unspecified atom stereocenters. The first kappa shape index (κ1) is 12.9. The Hall–Kier alpha value is -2.14. The molecule has 5 nitrogen and oxygen atoms in total. The van der Waals surface area contributed by atoms with Crippen LogP contribution in [0.3, 0.4) is 0 Å². The first-order chi connectivity index (χ1) is 9.81. The van der Waals surface area contributed by atoms with Gasteiger partial charge in [-0.1, -0.05) is 35.5 Å². The van der Waals surface area contributed by atoms with Gasteiger partial charge >= 0.3 is 0 Å². The largest absolute Gasteiger partial charge is 0.364 e. The molecule has 1 aromatic heterocycles. The van der Waals surface area contributed by atoms with Crippen LogP contribution in [0.1, 0.15) is 34.9 Å². The Morgan fingerprint density at radius 3 is 2.80 bits per heavy atom. The molecule has 0 atom stereocenters. The van der Waals surface area contributed by atoms with Gasteiger partial charge in [-0.3, -0.25) is 4.79 Å². The Kier molecular flexibility index (Phi) is 3.52. The van der Waals surface area contributed by atoms with Crippen LogP contribution in [0.25, 0.3) is 11.3 Å². The average Bonchev–Trinajstić information content (AvgIpc) is 3.24. The molecule has 1 aliphatic rings. The van der Waals surface area contributed by atoms with E-state index in [1.165, 1.54) is 7.11 Å². The second-order valence-corrected chi connectivity index (χ2v) is 4.85. The minimum absolute atomic E-state index is 0.169. The van der Waals surface area contributed by atoms with Gasteiger partial charge in [0, 0.05) is 18.6 Å². The average molecular weight is 272 g/mol. The second kappa shape index (κ2) is 5.46. The van der Waals surface area contributed by atoms with Crippen LogP contribution in [0, 0.1) is 0 Å². The summed E-state index contributed by atoms with van der Waals surface area (Å²) in [5.41, 5.74) is 2.02. The quantitative estimate of drug-likeness (QED) is 0.849. The van der Waals surface area contributed by atoms with Crippen LogP contribution in [0.5, 0.6) is 0 Å². The Labute approximate surface area is 116 Å². The van der Waals surface area contributed by atoms with Gasteiger partial charge in [0.05, 0.1) is 0 Å². The van der Waals surface area contributed by atoms with E-state index in [9.17, 15) is 4.79 Å². The molecule has 0 aliphatic heterocycles. The van der Waals surface area contributed by atoms with Crippen LogP contribution >= 0.6 is 0 Å². The molecule has 104 valence electrons. The predicted molar refractivity (Wildman–Crippen MR) is 73.3 cm³/mol. The molecule has 3 rings (SSSR count). The molecule has 1 amide bonds. The van der Waals surface area contributed by atoms with E-state index in [0.29, 0.717) is 22.9 Å². The number of amides is 1. The first-order valence-corrected chi connectivity index (χ1v) is 6.63.